The highest BCUT2D eigenvalue weighted by Gasteiger charge is 2.54. The minimum Gasteiger partial charge on any atom is -0.427 e. The van der Waals surface area contributed by atoms with E-state index in [1.807, 2.05) is 41.5 Å². The molecule has 144 valence electrons. The Kier molecular flexibility index (Phi) is 7.35. The van der Waals surface area contributed by atoms with Gasteiger partial charge < -0.3 is 19.7 Å². The lowest BCUT2D eigenvalue weighted by atomic mass is 9.73. The third-order valence-corrected chi connectivity index (χ3v) is 5.56. The molecule has 0 aromatic rings. The van der Waals surface area contributed by atoms with Crippen LogP contribution in [0, 0.1) is 10.8 Å². The molecule has 5 nitrogen and oxygen atoms in total. The van der Waals surface area contributed by atoms with Crippen molar-refractivity contribution in [2.75, 3.05) is 0 Å². The molecule has 0 aromatic heterocycles. The average molecular weight is 347 g/mol. The van der Waals surface area contributed by atoms with E-state index in [0.717, 1.165) is 6.42 Å². The summed E-state index contributed by atoms with van der Waals surface area (Å²) in [7, 11) is 0. The predicted molar refractivity (Wildman–Crippen MR) is 95.9 cm³/mol. The van der Waals surface area contributed by atoms with Crippen LogP contribution in [0.25, 0.3) is 0 Å². The largest absolute Gasteiger partial charge is 0.509 e. The lowest BCUT2D eigenvalue weighted by Crippen LogP contribution is -2.49. The van der Waals surface area contributed by atoms with Crippen LogP contribution in [-0.2, 0) is 9.47 Å². The van der Waals surface area contributed by atoms with Crippen molar-refractivity contribution in [3.8, 4) is 0 Å². The highest BCUT2D eigenvalue weighted by atomic mass is 16.8. The van der Waals surface area contributed by atoms with Crippen molar-refractivity contribution in [1.29, 1.82) is 0 Å². The van der Waals surface area contributed by atoms with E-state index in [9.17, 15) is 15.0 Å². The van der Waals surface area contributed by atoms with Gasteiger partial charge in [0.1, 0.15) is 6.10 Å². The average Bonchev–Trinajstić information content (AvgIpc) is 2.72. The molecule has 1 aliphatic rings. The second kappa shape index (κ2) is 7.61. The van der Waals surface area contributed by atoms with Crippen LogP contribution >= 0.6 is 0 Å². The SMILES string of the molecule is CC[C@@H](O)[C@@](C)(O)C(C)(C)C.CC[C@H]1OC(=O)O[C@@]1(C)C(C)(C)C. The van der Waals surface area contributed by atoms with Gasteiger partial charge in [-0.3, -0.25) is 0 Å². The fraction of sp³-hybridized carbons (Fsp3) is 0.947. The molecule has 0 aliphatic carbocycles. The number of aliphatic hydroxyl groups is 2. The van der Waals surface area contributed by atoms with E-state index in [0.29, 0.717) is 6.42 Å². The van der Waals surface area contributed by atoms with Gasteiger partial charge in [-0.15, -0.1) is 0 Å². The van der Waals surface area contributed by atoms with Gasteiger partial charge in [0.05, 0.1) is 11.7 Å². The summed E-state index contributed by atoms with van der Waals surface area (Å²) in [6, 6.07) is 0. The van der Waals surface area contributed by atoms with E-state index < -0.39 is 23.5 Å². The lowest BCUT2D eigenvalue weighted by Gasteiger charge is -2.40. The number of hydrogen-bond acceptors (Lipinski definition) is 5. The van der Waals surface area contributed by atoms with Gasteiger partial charge >= 0.3 is 6.16 Å². The molecule has 1 saturated heterocycles. The third-order valence-electron chi connectivity index (χ3n) is 5.56. The Hall–Kier alpha value is -0.810. The van der Waals surface area contributed by atoms with Gasteiger partial charge in [0, 0.05) is 5.41 Å². The van der Waals surface area contributed by atoms with Gasteiger partial charge in [0.25, 0.3) is 0 Å². The van der Waals surface area contributed by atoms with Crippen LogP contribution in [-0.4, -0.2) is 39.8 Å². The van der Waals surface area contributed by atoms with Gasteiger partial charge in [0.2, 0.25) is 0 Å². The van der Waals surface area contributed by atoms with Crippen LogP contribution in [0.2, 0.25) is 0 Å². The van der Waals surface area contributed by atoms with E-state index in [-0.39, 0.29) is 16.9 Å². The van der Waals surface area contributed by atoms with E-state index in [1.165, 1.54) is 0 Å². The van der Waals surface area contributed by atoms with Crippen molar-refractivity contribution in [1.82, 2.24) is 0 Å². The first-order valence-corrected chi connectivity index (χ1v) is 8.84. The van der Waals surface area contributed by atoms with E-state index in [2.05, 4.69) is 20.8 Å². The monoisotopic (exact) mass is 346 g/mol. The van der Waals surface area contributed by atoms with Crippen molar-refractivity contribution in [3.05, 3.63) is 0 Å². The standard InChI is InChI=1S/C10H18O3.C9H20O2/c1-6-7-10(5,9(2,3)4)13-8(11)12-7;1-6-7(10)9(5,11)8(2,3)4/h7H,6H2,1-5H3;7,10-11H,6H2,1-5H3/t7-,10-;7-,9-/m11/s1. The van der Waals surface area contributed by atoms with Gasteiger partial charge in [-0.1, -0.05) is 55.4 Å². The molecule has 0 spiro atoms. The van der Waals surface area contributed by atoms with Gasteiger partial charge in [0.15, 0.2) is 5.60 Å². The highest BCUT2D eigenvalue weighted by Crippen LogP contribution is 2.42. The third kappa shape index (κ3) is 4.85. The molecule has 1 fully saturated rings. The Morgan fingerprint density at radius 2 is 1.58 bits per heavy atom. The zero-order valence-corrected chi connectivity index (χ0v) is 17.2. The summed E-state index contributed by atoms with van der Waals surface area (Å²) in [6.07, 6.45) is 0.0795. The van der Waals surface area contributed by atoms with E-state index >= 15 is 0 Å². The molecule has 0 amide bonds. The maximum Gasteiger partial charge on any atom is 0.509 e. The quantitative estimate of drug-likeness (QED) is 0.746. The number of aliphatic hydroxyl groups excluding tert-OH is 1. The Bertz CT molecular complexity index is 416. The van der Waals surface area contributed by atoms with Crippen molar-refractivity contribution in [2.45, 2.75) is 105 Å². The van der Waals surface area contributed by atoms with Crippen LogP contribution < -0.4 is 0 Å². The Morgan fingerprint density at radius 1 is 1.12 bits per heavy atom. The van der Waals surface area contributed by atoms with Crippen LogP contribution in [0.1, 0.15) is 82.1 Å². The summed E-state index contributed by atoms with van der Waals surface area (Å²) in [4.78, 5) is 11.0. The molecule has 2 N–H and O–H groups in total. The highest BCUT2D eigenvalue weighted by molar-refractivity contribution is 5.63. The normalized spacial score (nSPS) is 28.2. The minimum absolute atomic E-state index is 0.0974. The first-order valence-electron chi connectivity index (χ1n) is 8.84. The molecule has 0 saturated carbocycles. The molecule has 0 aromatic carbocycles. The Balaban J connectivity index is 0.000000449. The molecule has 24 heavy (non-hydrogen) atoms. The molecule has 1 rings (SSSR count). The summed E-state index contributed by atoms with van der Waals surface area (Å²) in [6.45, 7) is 19.4. The number of carbonyl (C=O) groups excluding carboxylic acids is 1. The van der Waals surface area contributed by atoms with Crippen molar-refractivity contribution in [2.24, 2.45) is 10.8 Å². The van der Waals surface area contributed by atoms with Crippen molar-refractivity contribution >= 4 is 6.16 Å². The van der Waals surface area contributed by atoms with Gasteiger partial charge in [-0.25, -0.2) is 4.79 Å². The molecule has 1 heterocycles. The summed E-state index contributed by atoms with van der Waals surface area (Å²) in [5.41, 5.74) is -1.87. The van der Waals surface area contributed by atoms with Crippen LogP contribution in [0.15, 0.2) is 0 Å². The molecule has 5 heteroatoms. The second-order valence-corrected chi connectivity index (χ2v) is 9.05. The van der Waals surface area contributed by atoms with Crippen molar-refractivity contribution < 1.29 is 24.5 Å². The van der Waals surface area contributed by atoms with E-state index in [4.69, 9.17) is 9.47 Å². The molecule has 0 bridgehead atoms. The zero-order chi connectivity index (χ0) is 19.6. The number of ether oxygens (including phenoxy) is 2. The smallest absolute Gasteiger partial charge is 0.427 e. The van der Waals surface area contributed by atoms with Crippen LogP contribution in [0.3, 0.4) is 0 Å². The maximum atomic E-state index is 11.0. The topological polar surface area (TPSA) is 76.0 Å². The summed E-state index contributed by atoms with van der Waals surface area (Å²) in [5, 5.41) is 19.3. The maximum absolute atomic E-state index is 11.0. The minimum atomic E-state index is -0.998. The number of cyclic esters (lactones) is 2. The summed E-state index contributed by atoms with van der Waals surface area (Å²) < 4.78 is 10.3. The van der Waals surface area contributed by atoms with E-state index in [1.54, 1.807) is 6.92 Å². The first kappa shape index (κ1) is 23.2. The predicted octanol–water partition coefficient (Wildman–Crippen LogP) is 4.29. The second-order valence-electron chi connectivity index (χ2n) is 9.05. The molecule has 0 unspecified atom stereocenters. The number of carbonyl (C=O) groups is 1. The Morgan fingerprint density at radius 3 is 1.79 bits per heavy atom. The van der Waals surface area contributed by atoms with Crippen LogP contribution in [0.4, 0.5) is 4.79 Å². The molecular weight excluding hydrogens is 308 g/mol. The molecule has 1 aliphatic heterocycles. The fourth-order valence-electron chi connectivity index (χ4n) is 2.50. The van der Waals surface area contributed by atoms with Crippen LogP contribution in [0.5, 0.6) is 0 Å². The molecule has 4 atom stereocenters. The number of hydrogen-bond donors (Lipinski definition) is 2. The summed E-state index contributed by atoms with van der Waals surface area (Å²) in [5.74, 6) is 0. The first-order chi connectivity index (χ1) is 10.5. The molecule has 0 radical (unpaired) electrons. The molecular formula is C19H38O5. The fourth-order valence-corrected chi connectivity index (χ4v) is 2.50. The van der Waals surface area contributed by atoms with Gasteiger partial charge in [-0.2, -0.15) is 0 Å². The lowest BCUT2D eigenvalue weighted by molar-refractivity contribution is -0.129. The summed E-state index contributed by atoms with van der Waals surface area (Å²) >= 11 is 0. The number of rotatable bonds is 3. The Labute approximate surface area is 147 Å². The van der Waals surface area contributed by atoms with Crippen molar-refractivity contribution in [3.63, 3.8) is 0 Å². The van der Waals surface area contributed by atoms with Gasteiger partial charge in [-0.05, 0) is 32.1 Å². The zero-order valence-electron chi connectivity index (χ0n) is 17.2.